The van der Waals surface area contributed by atoms with E-state index < -0.39 is 0 Å². The van der Waals surface area contributed by atoms with Crippen LogP contribution in [0.2, 0.25) is 0 Å². The second-order valence-electron chi connectivity index (χ2n) is 4.73. The number of fused-ring (bicyclic) bond motifs is 1. The van der Waals surface area contributed by atoms with Gasteiger partial charge in [0.25, 0.3) is 0 Å². The van der Waals surface area contributed by atoms with Crippen LogP contribution >= 0.6 is 0 Å². The lowest BCUT2D eigenvalue weighted by molar-refractivity contribution is -0.120. The largest absolute Gasteiger partial charge is 0.299 e. The van der Waals surface area contributed by atoms with E-state index in [0.29, 0.717) is 18.1 Å². The second-order valence-corrected chi connectivity index (χ2v) is 4.73. The van der Waals surface area contributed by atoms with Crippen LogP contribution in [0, 0.1) is 5.92 Å². The molecule has 2 nitrogen and oxygen atoms in total. The molecular weight excluding hydrogens is 210 g/mol. The number of pyridine rings is 1. The molecule has 0 unspecified atom stereocenters. The van der Waals surface area contributed by atoms with Gasteiger partial charge in [0.15, 0.2) is 0 Å². The van der Waals surface area contributed by atoms with Gasteiger partial charge in [0.05, 0.1) is 5.52 Å². The zero-order valence-corrected chi connectivity index (χ0v) is 9.73. The number of ketones is 1. The average molecular weight is 225 g/mol. The number of carbonyl (C=O) groups is 1. The molecule has 0 N–H and O–H groups in total. The minimum atomic E-state index is 0.378. The zero-order chi connectivity index (χ0) is 11.7. The van der Waals surface area contributed by atoms with Crippen molar-refractivity contribution in [2.45, 2.75) is 25.7 Å². The van der Waals surface area contributed by atoms with E-state index in [4.69, 9.17) is 0 Å². The van der Waals surface area contributed by atoms with Gasteiger partial charge in [-0.2, -0.15) is 0 Å². The van der Waals surface area contributed by atoms with E-state index in [1.807, 2.05) is 30.5 Å². The smallest absolute Gasteiger partial charge is 0.136 e. The van der Waals surface area contributed by atoms with Crippen molar-refractivity contribution in [3.63, 3.8) is 0 Å². The first-order chi connectivity index (χ1) is 8.34. The van der Waals surface area contributed by atoms with Crippen molar-refractivity contribution in [3.05, 3.63) is 42.1 Å². The molecule has 0 aliphatic heterocycles. The molecule has 1 aliphatic carbocycles. The number of Topliss-reactive ketones (excluding diaryl/α,β-unsaturated/α-hetero) is 1. The second kappa shape index (κ2) is 4.28. The van der Waals surface area contributed by atoms with E-state index in [1.54, 1.807) is 0 Å². The lowest BCUT2D eigenvalue weighted by Gasteiger charge is -2.05. The van der Waals surface area contributed by atoms with Crippen LogP contribution in [0.4, 0.5) is 0 Å². The van der Waals surface area contributed by atoms with Crippen LogP contribution in [-0.4, -0.2) is 10.8 Å². The topological polar surface area (TPSA) is 30.0 Å². The highest BCUT2D eigenvalue weighted by molar-refractivity contribution is 5.85. The molecule has 0 atom stereocenters. The summed E-state index contributed by atoms with van der Waals surface area (Å²) in [4.78, 5) is 16.0. The molecule has 0 bridgehead atoms. The monoisotopic (exact) mass is 225 g/mol. The Labute approximate surface area is 101 Å². The Hall–Kier alpha value is -1.70. The highest BCUT2D eigenvalue weighted by Crippen LogP contribution is 2.31. The molecule has 17 heavy (non-hydrogen) atoms. The van der Waals surface area contributed by atoms with Crippen LogP contribution in [0.5, 0.6) is 0 Å². The molecule has 1 saturated carbocycles. The van der Waals surface area contributed by atoms with Crippen molar-refractivity contribution < 1.29 is 4.79 Å². The van der Waals surface area contributed by atoms with Gasteiger partial charge in [-0.25, -0.2) is 0 Å². The van der Waals surface area contributed by atoms with Crippen molar-refractivity contribution in [3.8, 4) is 0 Å². The Morgan fingerprint density at radius 2 is 2.06 bits per heavy atom. The molecule has 0 radical (unpaired) electrons. The molecule has 2 heteroatoms. The Morgan fingerprint density at radius 1 is 1.24 bits per heavy atom. The summed E-state index contributed by atoms with van der Waals surface area (Å²) in [5, 5.41) is 1.18. The summed E-state index contributed by atoms with van der Waals surface area (Å²) in [5.41, 5.74) is 2.26. The van der Waals surface area contributed by atoms with Crippen molar-refractivity contribution in [2.24, 2.45) is 5.92 Å². The normalized spacial score (nSPS) is 15.1. The lowest BCUT2D eigenvalue weighted by Crippen LogP contribution is -2.02. The molecule has 3 rings (SSSR count). The maximum absolute atomic E-state index is 11.7. The highest BCUT2D eigenvalue weighted by Gasteiger charge is 2.28. The minimum Gasteiger partial charge on any atom is -0.299 e. The molecule has 1 fully saturated rings. The van der Waals surface area contributed by atoms with Crippen LogP contribution in [0.25, 0.3) is 10.9 Å². The first-order valence-corrected chi connectivity index (χ1v) is 6.20. The number of hydrogen-bond acceptors (Lipinski definition) is 2. The number of aryl methyl sites for hydroxylation is 1. The lowest BCUT2D eigenvalue weighted by atomic mass is 10.0. The first-order valence-electron chi connectivity index (χ1n) is 6.20. The fraction of sp³-hybridized carbons (Fsp3) is 0.333. The Balaban J connectivity index is 1.82. The molecule has 1 aliphatic rings. The SMILES string of the molecule is O=C(CCc1ccnc2ccccc12)C1CC1. The first kappa shape index (κ1) is 10.5. The molecule has 0 saturated heterocycles. The van der Waals surface area contributed by atoms with E-state index in [1.165, 1.54) is 10.9 Å². The maximum atomic E-state index is 11.7. The van der Waals surface area contributed by atoms with Crippen molar-refractivity contribution in [2.75, 3.05) is 0 Å². The van der Waals surface area contributed by atoms with E-state index in [-0.39, 0.29) is 0 Å². The van der Waals surface area contributed by atoms with Crippen molar-refractivity contribution in [1.29, 1.82) is 0 Å². The Morgan fingerprint density at radius 3 is 2.88 bits per heavy atom. The summed E-state index contributed by atoms with van der Waals surface area (Å²) < 4.78 is 0. The molecule has 0 spiro atoms. The standard InChI is InChI=1S/C15H15NO/c17-15(12-5-6-12)8-7-11-9-10-16-14-4-2-1-3-13(11)14/h1-4,9-10,12H,5-8H2. The maximum Gasteiger partial charge on any atom is 0.136 e. The number of aromatic nitrogens is 1. The zero-order valence-electron chi connectivity index (χ0n) is 9.73. The molecule has 2 aromatic rings. The molecule has 86 valence electrons. The summed E-state index contributed by atoms with van der Waals surface area (Å²) >= 11 is 0. The van der Waals surface area contributed by atoms with E-state index in [2.05, 4.69) is 11.1 Å². The summed E-state index contributed by atoms with van der Waals surface area (Å²) in [6, 6.07) is 10.1. The number of para-hydroxylation sites is 1. The van der Waals surface area contributed by atoms with Crippen molar-refractivity contribution in [1.82, 2.24) is 4.98 Å². The van der Waals surface area contributed by atoms with Gasteiger partial charge < -0.3 is 0 Å². The van der Waals surface area contributed by atoms with Crippen LogP contribution in [0.3, 0.4) is 0 Å². The van der Waals surface area contributed by atoms with Gasteiger partial charge in [-0.1, -0.05) is 18.2 Å². The Bertz CT molecular complexity index is 552. The van der Waals surface area contributed by atoms with Crippen LogP contribution < -0.4 is 0 Å². The van der Waals surface area contributed by atoms with Gasteiger partial charge in [0, 0.05) is 23.9 Å². The highest BCUT2D eigenvalue weighted by atomic mass is 16.1. The van der Waals surface area contributed by atoms with Crippen LogP contribution in [0.1, 0.15) is 24.8 Å². The van der Waals surface area contributed by atoms with Gasteiger partial charge in [-0.3, -0.25) is 9.78 Å². The predicted molar refractivity (Wildman–Crippen MR) is 67.8 cm³/mol. The summed E-state index contributed by atoms with van der Waals surface area (Å²) in [5.74, 6) is 0.814. The number of hydrogen-bond donors (Lipinski definition) is 0. The van der Waals surface area contributed by atoms with Crippen LogP contribution in [-0.2, 0) is 11.2 Å². The average Bonchev–Trinajstić information content (AvgIpc) is 3.20. The fourth-order valence-corrected chi connectivity index (χ4v) is 2.24. The van der Waals surface area contributed by atoms with Gasteiger partial charge in [-0.15, -0.1) is 0 Å². The third-order valence-corrected chi connectivity index (χ3v) is 3.41. The number of benzene rings is 1. The quantitative estimate of drug-likeness (QED) is 0.800. The van der Waals surface area contributed by atoms with E-state index in [0.717, 1.165) is 24.8 Å². The van der Waals surface area contributed by atoms with Gasteiger partial charge in [-0.05, 0) is 37.0 Å². The van der Waals surface area contributed by atoms with Gasteiger partial charge >= 0.3 is 0 Å². The van der Waals surface area contributed by atoms with Gasteiger partial charge in [0.2, 0.25) is 0 Å². The third kappa shape index (κ3) is 2.21. The fourth-order valence-electron chi connectivity index (χ4n) is 2.24. The predicted octanol–water partition coefficient (Wildman–Crippen LogP) is 3.15. The summed E-state index contributed by atoms with van der Waals surface area (Å²) in [6.07, 6.45) is 5.57. The summed E-state index contributed by atoms with van der Waals surface area (Å²) in [6.45, 7) is 0. The van der Waals surface area contributed by atoms with Crippen molar-refractivity contribution >= 4 is 16.7 Å². The van der Waals surface area contributed by atoms with Crippen LogP contribution in [0.15, 0.2) is 36.5 Å². The number of nitrogens with zero attached hydrogens (tertiary/aromatic N) is 1. The van der Waals surface area contributed by atoms with Gasteiger partial charge in [0.1, 0.15) is 5.78 Å². The number of carbonyl (C=O) groups excluding carboxylic acids is 1. The summed E-state index contributed by atoms with van der Waals surface area (Å²) in [7, 11) is 0. The minimum absolute atomic E-state index is 0.378. The molecule has 1 aromatic carbocycles. The molecule has 0 amide bonds. The van der Waals surface area contributed by atoms with E-state index >= 15 is 0 Å². The molecule has 1 aromatic heterocycles. The molecule has 1 heterocycles. The number of rotatable bonds is 4. The third-order valence-electron chi connectivity index (χ3n) is 3.41. The molecular formula is C15H15NO. The van der Waals surface area contributed by atoms with E-state index in [9.17, 15) is 4.79 Å². The Kier molecular flexibility index (Phi) is 2.63.